The molecule has 180 valence electrons. The average molecular weight is 475 g/mol. The zero-order chi connectivity index (χ0) is 24.1. The molecule has 10 heteroatoms. The third-order valence-electron chi connectivity index (χ3n) is 7.45. The van der Waals surface area contributed by atoms with Gasteiger partial charge in [-0.2, -0.15) is 18.3 Å². The van der Waals surface area contributed by atoms with Crippen LogP contribution in [0.5, 0.6) is 0 Å². The second-order valence-corrected chi connectivity index (χ2v) is 10.2. The number of piperidine rings is 1. The number of fused-ring (bicyclic) bond motifs is 2. The lowest BCUT2D eigenvalue weighted by atomic mass is 9.96. The molecule has 34 heavy (non-hydrogen) atoms. The molecule has 3 aromatic rings. The van der Waals surface area contributed by atoms with E-state index in [0.717, 1.165) is 37.7 Å². The Morgan fingerprint density at radius 1 is 1.15 bits per heavy atom. The highest BCUT2D eigenvalue weighted by molar-refractivity contribution is 5.90. The lowest BCUT2D eigenvalue weighted by molar-refractivity contribution is -0.137. The molecule has 1 unspecified atom stereocenters. The molecule has 6 nitrogen and oxygen atoms in total. The Balaban J connectivity index is 1.67. The number of hydrogen-bond donors (Lipinski definition) is 2. The van der Waals surface area contributed by atoms with Crippen molar-refractivity contribution in [2.45, 2.75) is 57.7 Å². The van der Waals surface area contributed by atoms with Gasteiger partial charge in [0.1, 0.15) is 17.0 Å². The number of halogens is 4. The molecule has 2 saturated carbocycles. The molecule has 1 saturated heterocycles. The Labute approximate surface area is 193 Å². The normalized spacial score (nSPS) is 24.3. The minimum Gasteiger partial charge on any atom is -0.384 e. The number of rotatable bonds is 4. The van der Waals surface area contributed by atoms with Crippen LogP contribution in [-0.4, -0.2) is 32.8 Å². The molecule has 3 fully saturated rings. The van der Waals surface area contributed by atoms with Crippen molar-refractivity contribution in [2.24, 2.45) is 11.8 Å². The number of aromatic nitrogens is 4. The van der Waals surface area contributed by atoms with Gasteiger partial charge in [-0.05, 0) is 56.7 Å². The van der Waals surface area contributed by atoms with E-state index in [4.69, 9.17) is 10.8 Å². The Hall–Kier alpha value is -2.75. The molecule has 0 radical (unpaired) electrons. The molecule has 3 N–H and O–H groups in total. The fraction of sp³-hybridized carbons (Fsp3) is 0.542. The van der Waals surface area contributed by atoms with E-state index < -0.39 is 17.6 Å². The molecule has 3 atom stereocenters. The Kier molecular flexibility index (Phi) is 4.56. The molecule has 1 aliphatic heterocycles. The maximum absolute atomic E-state index is 16.3. The number of nitrogen functional groups attached to an aromatic ring is 1. The Morgan fingerprint density at radius 2 is 1.82 bits per heavy atom. The molecule has 0 bridgehead atoms. The third-order valence-corrected chi connectivity index (χ3v) is 7.45. The summed E-state index contributed by atoms with van der Waals surface area (Å²) in [5.74, 6) is 0.148. The summed E-state index contributed by atoms with van der Waals surface area (Å²) >= 11 is 0. The highest BCUT2D eigenvalue weighted by Gasteiger charge is 2.56. The van der Waals surface area contributed by atoms with Crippen LogP contribution < -0.4 is 11.1 Å². The fourth-order valence-electron chi connectivity index (χ4n) is 5.73. The minimum atomic E-state index is -4.73. The summed E-state index contributed by atoms with van der Waals surface area (Å²) in [5, 5.41) is 8.94. The van der Waals surface area contributed by atoms with Gasteiger partial charge in [-0.25, -0.2) is 14.4 Å². The maximum atomic E-state index is 16.3. The predicted molar refractivity (Wildman–Crippen MR) is 120 cm³/mol. The maximum Gasteiger partial charge on any atom is 0.418 e. The van der Waals surface area contributed by atoms with E-state index in [1.807, 2.05) is 13.8 Å². The van der Waals surface area contributed by atoms with Crippen LogP contribution >= 0.6 is 0 Å². The molecule has 3 aliphatic rings. The largest absolute Gasteiger partial charge is 0.418 e. The van der Waals surface area contributed by atoms with Crippen molar-refractivity contribution in [3.8, 4) is 11.3 Å². The number of nitrogens with one attached hydrogen (secondary N) is 1. The van der Waals surface area contributed by atoms with E-state index in [9.17, 15) is 13.2 Å². The van der Waals surface area contributed by atoms with Crippen LogP contribution in [0.15, 0.2) is 6.07 Å². The second-order valence-electron chi connectivity index (χ2n) is 10.2. The monoisotopic (exact) mass is 474 g/mol. The third kappa shape index (κ3) is 3.14. The van der Waals surface area contributed by atoms with E-state index in [1.54, 1.807) is 4.68 Å². The Morgan fingerprint density at radius 3 is 2.41 bits per heavy atom. The number of alkyl halides is 3. The summed E-state index contributed by atoms with van der Waals surface area (Å²) < 4.78 is 60.1. The summed E-state index contributed by atoms with van der Waals surface area (Å²) in [5.41, 5.74) is 5.47. The number of nitrogens with two attached hydrogens (primary N) is 1. The van der Waals surface area contributed by atoms with Gasteiger partial charge in [0.05, 0.1) is 28.7 Å². The van der Waals surface area contributed by atoms with Crippen LogP contribution in [0.25, 0.3) is 22.2 Å². The summed E-state index contributed by atoms with van der Waals surface area (Å²) in [6.07, 6.45) is -2.99. The minimum absolute atomic E-state index is 0.0593. The van der Waals surface area contributed by atoms with Crippen LogP contribution in [-0.2, 0) is 6.18 Å². The number of hydrogen-bond acceptors (Lipinski definition) is 5. The van der Waals surface area contributed by atoms with Gasteiger partial charge < -0.3 is 11.1 Å². The highest BCUT2D eigenvalue weighted by Crippen LogP contribution is 2.58. The zero-order valence-corrected chi connectivity index (χ0v) is 19.2. The summed E-state index contributed by atoms with van der Waals surface area (Å²) in [6.45, 7) is 6.89. The highest BCUT2D eigenvalue weighted by atomic mass is 19.4. The van der Waals surface area contributed by atoms with Crippen molar-refractivity contribution in [2.75, 3.05) is 18.8 Å². The van der Waals surface area contributed by atoms with Gasteiger partial charge in [-0.1, -0.05) is 13.8 Å². The van der Waals surface area contributed by atoms with Crippen LogP contribution in [0.3, 0.4) is 0 Å². The van der Waals surface area contributed by atoms with Gasteiger partial charge in [0, 0.05) is 16.9 Å². The topological polar surface area (TPSA) is 81.7 Å². The van der Waals surface area contributed by atoms with E-state index in [2.05, 4.69) is 15.3 Å². The van der Waals surface area contributed by atoms with Crippen molar-refractivity contribution in [3.63, 3.8) is 0 Å². The Bertz CT molecular complexity index is 1310. The van der Waals surface area contributed by atoms with Crippen molar-refractivity contribution in [1.82, 2.24) is 25.1 Å². The van der Waals surface area contributed by atoms with Crippen molar-refractivity contribution in [1.29, 1.82) is 0 Å². The molecule has 0 spiro atoms. The number of anilines is 1. The first kappa shape index (κ1) is 21.8. The molecular weight excluding hydrogens is 448 g/mol. The standard InChI is InChI=1S/C24H26F4N6/c1-9(2)20-17-22(16-13-7-30-8-14(13)16)33-34(11-4-5-11)23(17)19(25)21(32-20)12-6-15(29)31-10(3)18(12)24(26,27)28/h6,9,11,13-14,16,30H,4-5,7-8H2,1-3H3,(H2,29,31)/t13-,14+,16?. The molecule has 4 heterocycles. The predicted octanol–water partition coefficient (Wildman–Crippen LogP) is 4.93. The molecule has 2 aliphatic carbocycles. The van der Waals surface area contributed by atoms with Gasteiger partial charge in [-0.15, -0.1) is 0 Å². The molecule has 6 rings (SSSR count). The lowest BCUT2D eigenvalue weighted by Gasteiger charge is -2.18. The van der Waals surface area contributed by atoms with Gasteiger partial charge in [0.15, 0.2) is 5.82 Å². The SMILES string of the molecule is Cc1nc(N)cc(-c2nc(C(C)C)c3c(C4[C@H]5CNC[C@@H]45)nn(C4CC4)c3c2F)c1C(F)(F)F. The van der Waals surface area contributed by atoms with Crippen LogP contribution in [0, 0.1) is 24.6 Å². The van der Waals surface area contributed by atoms with E-state index in [-0.39, 0.29) is 46.2 Å². The summed E-state index contributed by atoms with van der Waals surface area (Å²) in [7, 11) is 0. The first-order valence-electron chi connectivity index (χ1n) is 11.7. The zero-order valence-electron chi connectivity index (χ0n) is 19.2. The smallest absolute Gasteiger partial charge is 0.384 e. The van der Waals surface area contributed by atoms with Crippen LogP contribution in [0.1, 0.15) is 67.2 Å². The molecular formula is C24H26F4N6. The summed E-state index contributed by atoms with van der Waals surface area (Å²) in [6, 6.07) is 1.14. The van der Waals surface area contributed by atoms with Crippen molar-refractivity contribution in [3.05, 3.63) is 34.5 Å². The lowest BCUT2D eigenvalue weighted by Crippen LogP contribution is -2.15. The quantitative estimate of drug-likeness (QED) is 0.524. The van der Waals surface area contributed by atoms with Crippen LogP contribution in [0.2, 0.25) is 0 Å². The van der Waals surface area contributed by atoms with Crippen molar-refractivity contribution >= 4 is 16.7 Å². The number of pyridine rings is 2. The number of nitrogens with zero attached hydrogens (tertiary/aromatic N) is 4. The van der Waals surface area contributed by atoms with Gasteiger partial charge in [-0.3, -0.25) is 4.68 Å². The average Bonchev–Trinajstić information content (AvgIpc) is 3.61. The van der Waals surface area contributed by atoms with Gasteiger partial charge >= 0.3 is 6.18 Å². The molecule has 0 aromatic carbocycles. The van der Waals surface area contributed by atoms with E-state index >= 15 is 4.39 Å². The van der Waals surface area contributed by atoms with Crippen LogP contribution in [0.4, 0.5) is 23.4 Å². The van der Waals surface area contributed by atoms with Crippen molar-refractivity contribution < 1.29 is 17.6 Å². The molecule has 3 aromatic heterocycles. The van der Waals surface area contributed by atoms with E-state index in [0.29, 0.717) is 22.9 Å². The molecule has 0 amide bonds. The van der Waals surface area contributed by atoms with E-state index in [1.165, 1.54) is 6.92 Å². The first-order chi connectivity index (χ1) is 16.1. The fourth-order valence-corrected chi connectivity index (χ4v) is 5.73. The number of aryl methyl sites for hydroxylation is 1. The second kappa shape index (κ2) is 7.13. The summed E-state index contributed by atoms with van der Waals surface area (Å²) in [4.78, 5) is 8.34. The first-order valence-corrected chi connectivity index (χ1v) is 11.7. The van der Waals surface area contributed by atoms with Gasteiger partial charge in [0.2, 0.25) is 0 Å². The van der Waals surface area contributed by atoms with Gasteiger partial charge in [0.25, 0.3) is 0 Å².